The van der Waals surface area contributed by atoms with Gasteiger partial charge in [0.1, 0.15) is 0 Å². The van der Waals surface area contributed by atoms with Gasteiger partial charge in [-0.05, 0) is 0 Å². The molecule has 7 heteroatoms. The van der Waals surface area contributed by atoms with E-state index in [1.807, 2.05) is 0 Å². The lowest BCUT2D eigenvalue weighted by molar-refractivity contribution is -0.135. The van der Waals surface area contributed by atoms with E-state index in [4.69, 9.17) is 5.11 Å². The Hall–Kier alpha value is -1.21. The molecule has 0 saturated carbocycles. The quantitative estimate of drug-likeness (QED) is 0.443. The molecule has 0 aromatic rings. The molecule has 0 aromatic heterocycles. The monoisotopic (exact) mass is 177 g/mol. The Morgan fingerprint density at radius 1 is 1.64 bits per heavy atom. The van der Waals surface area contributed by atoms with Gasteiger partial charge in [0.15, 0.2) is 0 Å². The topological polar surface area (TPSA) is 107 Å². The van der Waals surface area contributed by atoms with E-state index >= 15 is 0 Å². The molecule has 0 saturated heterocycles. The Morgan fingerprint density at radius 3 is 2.36 bits per heavy atom. The summed E-state index contributed by atoms with van der Waals surface area (Å²) in [5, 5.41) is 18.2. The highest BCUT2D eigenvalue weighted by atomic mass is 32.1. The second kappa shape index (κ2) is 3.84. The van der Waals surface area contributed by atoms with Crippen LogP contribution in [0.4, 0.5) is 4.79 Å². The summed E-state index contributed by atoms with van der Waals surface area (Å²) < 4.78 is 0. The van der Waals surface area contributed by atoms with E-state index < -0.39 is 23.4 Å². The Balaban J connectivity index is 4.04. The second-order valence-electron chi connectivity index (χ2n) is 1.60. The van der Waals surface area contributed by atoms with Crippen molar-refractivity contribution in [3.05, 3.63) is 5.21 Å². The molecule has 0 fully saturated rings. The molecule has 0 bridgehead atoms. The zero-order valence-electron chi connectivity index (χ0n) is 5.31. The van der Waals surface area contributed by atoms with Gasteiger partial charge in [-0.1, -0.05) is 12.2 Å². The van der Waals surface area contributed by atoms with Gasteiger partial charge in [0.2, 0.25) is 0 Å². The van der Waals surface area contributed by atoms with Crippen molar-refractivity contribution < 1.29 is 14.7 Å². The van der Waals surface area contributed by atoms with E-state index in [0.717, 1.165) is 0 Å². The van der Waals surface area contributed by atoms with Crippen molar-refractivity contribution in [1.82, 2.24) is 5.06 Å². The fourth-order valence-corrected chi connectivity index (χ4v) is 0.538. The van der Waals surface area contributed by atoms with Crippen LogP contribution in [0.3, 0.4) is 0 Å². The summed E-state index contributed by atoms with van der Waals surface area (Å²) in [6, 6.07) is -1.31. The number of carbonyl (C=O) groups is 2. The summed E-state index contributed by atoms with van der Waals surface area (Å²) in [7, 11) is 0. The normalized spacial score (nSPS) is 8.82. The molecule has 0 radical (unpaired) electrons. The Morgan fingerprint density at radius 2 is 2.09 bits per heavy atom. The van der Waals surface area contributed by atoms with E-state index in [1.165, 1.54) is 0 Å². The summed E-state index contributed by atoms with van der Waals surface area (Å²) in [6.07, 6.45) is -0.665. The van der Waals surface area contributed by atoms with E-state index in [-0.39, 0.29) is 5.06 Å². The number of hydrogen-bond donors (Lipinski definition) is 2. The minimum absolute atomic E-state index is 0.330. The molecule has 3 N–H and O–H groups in total. The van der Waals surface area contributed by atoms with E-state index in [2.05, 4.69) is 18.0 Å². The number of aliphatic carboxylic acids is 1. The van der Waals surface area contributed by atoms with Gasteiger partial charge in [0, 0.05) is 0 Å². The van der Waals surface area contributed by atoms with Crippen LogP contribution in [0, 0.1) is 5.21 Å². The summed E-state index contributed by atoms with van der Waals surface area (Å²) in [6.45, 7) is 0. The standard InChI is InChI=1S/C4H5N2O4S/c5-4(9)6(10)2(11)1-3(7)8/h1H2,(H2,5,9)(H,7,8)/q-1. The lowest BCUT2D eigenvalue weighted by atomic mass is 10.4. The smallest absolute Gasteiger partial charge is 0.310 e. The minimum atomic E-state index is -1.31. The average molecular weight is 177 g/mol. The lowest BCUT2D eigenvalue weighted by Crippen LogP contribution is -2.35. The number of carbonyl (C=O) groups excluding carboxylic acids is 1. The molecule has 0 heterocycles. The molecule has 62 valence electrons. The number of thiocarbonyl (C=S) groups is 1. The Bertz CT molecular complexity index is 204. The molecule has 0 aliphatic rings. The highest BCUT2D eigenvalue weighted by molar-refractivity contribution is 7.80. The SMILES string of the molecule is NC(=O)N([O-])C(=S)CC(=O)O. The molecule has 0 aliphatic carbocycles. The summed E-state index contributed by atoms with van der Waals surface area (Å²) in [4.78, 5) is 19.5. The number of carboxylic acid groups (broad SMARTS) is 1. The summed E-state index contributed by atoms with van der Waals surface area (Å²) >= 11 is 4.26. The second-order valence-corrected chi connectivity index (χ2v) is 2.07. The van der Waals surface area contributed by atoms with Gasteiger partial charge < -0.3 is 21.1 Å². The third kappa shape index (κ3) is 3.48. The largest absolute Gasteiger partial charge is 0.750 e. The number of carboxylic acids is 1. The molecular weight excluding hydrogens is 172 g/mol. The van der Waals surface area contributed by atoms with Crippen molar-refractivity contribution in [3.8, 4) is 0 Å². The first-order valence-electron chi connectivity index (χ1n) is 2.46. The Kier molecular flexibility index (Phi) is 3.42. The summed E-state index contributed by atoms with van der Waals surface area (Å²) in [5.41, 5.74) is 4.51. The van der Waals surface area contributed by atoms with Gasteiger partial charge in [-0.3, -0.25) is 4.79 Å². The van der Waals surface area contributed by atoms with Gasteiger partial charge in [0.25, 0.3) is 0 Å². The predicted octanol–water partition coefficient (Wildman–Crippen LogP) is -0.333. The average Bonchev–Trinajstić information content (AvgIpc) is 1.84. The molecule has 6 nitrogen and oxygen atoms in total. The van der Waals surface area contributed by atoms with Crippen LogP contribution in [0.2, 0.25) is 0 Å². The van der Waals surface area contributed by atoms with Crippen molar-refractivity contribution in [1.29, 1.82) is 0 Å². The number of primary amides is 1. The first kappa shape index (κ1) is 9.79. The van der Waals surface area contributed by atoms with Crippen LogP contribution in [0.25, 0.3) is 0 Å². The van der Waals surface area contributed by atoms with Gasteiger partial charge in [-0.15, -0.1) is 0 Å². The molecule has 2 amide bonds. The van der Waals surface area contributed by atoms with Crippen molar-refractivity contribution in [3.63, 3.8) is 0 Å². The van der Waals surface area contributed by atoms with Gasteiger partial charge in [-0.2, -0.15) is 0 Å². The third-order valence-corrected chi connectivity index (χ3v) is 1.04. The zero-order valence-corrected chi connectivity index (χ0v) is 6.13. The molecule has 0 spiro atoms. The fraction of sp³-hybridized carbons (Fsp3) is 0.250. The van der Waals surface area contributed by atoms with Crippen molar-refractivity contribution in [2.45, 2.75) is 6.42 Å². The molecule has 0 rings (SSSR count). The molecule has 11 heavy (non-hydrogen) atoms. The molecule has 0 aromatic carbocycles. The maximum atomic E-state index is 10.4. The van der Waals surface area contributed by atoms with E-state index in [0.29, 0.717) is 0 Å². The number of nitrogens with zero attached hydrogens (tertiary/aromatic N) is 1. The number of nitrogens with two attached hydrogens (primary N) is 1. The minimum Gasteiger partial charge on any atom is -0.750 e. The zero-order chi connectivity index (χ0) is 9.02. The number of hydroxylamine groups is 2. The van der Waals surface area contributed by atoms with Crippen LogP contribution in [0.5, 0.6) is 0 Å². The van der Waals surface area contributed by atoms with Gasteiger partial charge in [0.05, 0.1) is 11.4 Å². The maximum absolute atomic E-state index is 10.4. The predicted molar refractivity (Wildman–Crippen MR) is 39.6 cm³/mol. The van der Waals surface area contributed by atoms with Crippen LogP contribution in [0.15, 0.2) is 0 Å². The number of urea groups is 1. The first-order valence-corrected chi connectivity index (χ1v) is 2.87. The third-order valence-electron chi connectivity index (χ3n) is 0.729. The Labute approximate surface area is 67.2 Å². The van der Waals surface area contributed by atoms with Crippen molar-refractivity contribution in [2.75, 3.05) is 0 Å². The first-order chi connectivity index (χ1) is 4.95. The molecule has 0 aliphatic heterocycles. The van der Waals surface area contributed by atoms with Crippen molar-refractivity contribution >= 4 is 29.2 Å². The van der Waals surface area contributed by atoms with Crippen LogP contribution in [-0.4, -0.2) is 27.2 Å². The van der Waals surface area contributed by atoms with Crippen LogP contribution < -0.4 is 5.73 Å². The molecular formula is C4H5N2O4S-. The summed E-state index contributed by atoms with van der Waals surface area (Å²) in [5.74, 6) is -1.28. The fourth-order valence-electron chi connectivity index (χ4n) is 0.324. The lowest BCUT2D eigenvalue weighted by Gasteiger charge is -2.24. The maximum Gasteiger partial charge on any atom is 0.310 e. The molecule has 0 atom stereocenters. The van der Waals surface area contributed by atoms with Gasteiger partial charge >= 0.3 is 12.0 Å². The van der Waals surface area contributed by atoms with E-state index in [9.17, 15) is 14.8 Å². The van der Waals surface area contributed by atoms with Crippen LogP contribution in [0.1, 0.15) is 6.42 Å². The number of rotatable bonds is 2. The number of amides is 2. The highest BCUT2D eigenvalue weighted by Crippen LogP contribution is 1.94. The highest BCUT2D eigenvalue weighted by Gasteiger charge is 2.07. The van der Waals surface area contributed by atoms with Crippen molar-refractivity contribution in [2.24, 2.45) is 5.73 Å². The van der Waals surface area contributed by atoms with E-state index in [1.54, 1.807) is 0 Å². The number of hydrogen-bond acceptors (Lipinski definition) is 4. The van der Waals surface area contributed by atoms with Crippen LogP contribution in [-0.2, 0) is 4.79 Å². The van der Waals surface area contributed by atoms with Crippen LogP contribution >= 0.6 is 12.2 Å². The van der Waals surface area contributed by atoms with Gasteiger partial charge in [-0.25, -0.2) is 4.79 Å². The molecule has 0 unspecified atom stereocenters.